The van der Waals surface area contributed by atoms with Crippen LogP contribution in [-0.2, 0) is 0 Å². The molecule has 0 atom stereocenters. The summed E-state index contributed by atoms with van der Waals surface area (Å²) in [6.45, 7) is 0.569. The third-order valence-electron chi connectivity index (χ3n) is 2.83. The average molecular weight is 272 g/mol. The maximum Gasteiger partial charge on any atom is 0.146 e. The first-order chi connectivity index (χ1) is 9.56. The maximum atomic E-state index is 13.0. The van der Waals surface area contributed by atoms with Crippen LogP contribution in [-0.4, -0.2) is 6.54 Å². The second-order valence-electron chi connectivity index (χ2n) is 4.41. The van der Waals surface area contributed by atoms with E-state index in [4.69, 9.17) is 17.2 Å². The molecule has 0 aliphatic carbocycles. The molecule has 0 aromatic heterocycles. The van der Waals surface area contributed by atoms with Gasteiger partial charge in [0, 0.05) is 23.6 Å². The Morgan fingerprint density at radius 3 is 2.55 bits per heavy atom. The number of hydrogen-bond acceptors (Lipinski definition) is 4. The monoisotopic (exact) mass is 272 g/mol. The summed E-state index contributed by atoms with van der Waals surface area (Å²) in [4.78, 5) is 0. The zero-order chi connectivity index (χ0) is 14.5. The number of benzene rings is 2. The highest BCUT2D eigenvalue weighted by Crippen LogP contribution is 2.18. The van der Waals surface area contributed by atoms with E-state index in [-0.39, 0.29) is 5.69 Å². The minimum atomic E-state index is -0.418. The molecule has 2 rings (SSSR count). The molecule has 2 aromatic carbocycles. The summed E-state index contributed by atoms with van der Waals surface area (Å²) in [6.07, 6.45) is 3.79. The van der Waals surface area contributed by atoms with E-state index in [9.17, 15) is 4.39 Å². The average Bonchev–Trinajstić information content (AvgIpc) is 2.42. The Morgan fingerprint density at radius 2 is 1.80 bits per heavy atom. The lowest BCUT2D eigenvalue weighted by molar-refractivity contribution is 0.632. The Morgan fingerprint density at radius 1 is 1.00 bits per heavy atom. The van der Waals surface area contributed by atoms with E-state index in [1.807, 2.05) is 18.2 Å². The van der Waals surface area contributed by atoms with Gasteiger partial charge in [0.2, 0.25) is 0 Å². The number of nitrogens with two attached hydrogens (primary N) is 3. The van der Waals surface area contributed by atoms with E-state index in [2.05, 4.69) is 5.32 Å². The predicted octanol–water partition coefficient (Wildman–Crippen LogP) is 2.70. The van der Waals surface area contributed by atoms with Crippen LogP contribution in [0.4, 0.5) is 27.1 Å². The van der Waals surface area contributed by atoms with Gasteiger partial charge in [-0.3, -0.25) is 0 Å². The quantitative estimate of drug-likeness (QED) is 0.644. The third kappa shape index (κ3) is 3.41. The second-order valence-corrected chi connectivity index (χ2v) is 4.41. The molecule has 0 saturated heterocycles. The Labute approximate surface area is 117 Å². The molecule has 0 bridgehead atoms. The standard InChI is InChI=1S/C15H17FN4/c16-13-5-4-12(9-15(13)19)20-7-1-2-10-8-11(17)3-6-14(10)18/h1-6,8-9,20H,7,17-19H2. The van der Waals surface area contributed by atoms with Crippen molar-refractivity contribution in [3.8, 4) is 0 Å². The van der Waals surface area contributed by atoms with Gasteiger partial charge >= 0.3 is 0 Å². The lowest BCUT2D eigenvalue weighted by Crippen LogP contribution is -2.00. The summed E-state index contributed by atoms with van der Waals surface area (Å²) in [5, 5.41) is 3.11. The molecule has 0 aliphatic heterocycles. The summed E-state index contributed by atoms with van der Waals surface area (Å²) in [6, 6.07) is 9.85. The molecular formula is C15H17FN4. The fourth-order valence-electron chi connectivity index (χ4n) is 1.75. The van der Waals surface area contributed by atoms with Crippen LogP contribution in [0.15, 0.2) is 42.5 Å². The molecule has 0 heterocycles. The van der Waals surface area contributed by atoms with Crippen LogP contribution in [0.25, 0.3) is 6.08 Å². The van der Waals surface area contributed by atoms with Crippen molar-refractivity contribution in [1.29, 1.82) is 0 Å². The first-order valence-electron chi connectivity index (χ1n) is 6.16. The van der Waals surface area contributed by atoms with Crippen molar-refractivity contribution in [1.82, 2.24) is 0 Å². The summed E-state index contributed by atoms with van der Waals surface area (Å²) >= 11 is 0. The molecule has 0 saturated carbocycles. The highest BCUT2D eigenvalue weighted by molar-refractivity contribution is 5.68. The molecule has 104 valence electrons. The van der Waals surface area contributed by atoms with Crippen molar-refractivity contribution in [2.24, 2.45) is 0 Å². The van der Waals surface area contributed by atoms with E-state index in [0.29, 0.717) is 17.9 Å². The van der Waals surface area contributed by atoms with Crippen molar-refractivity contribution in [2.75, 3.05) is 29.1 Å². The predicted molar refractivity (Wildman–Crippen MR) is 83.6 cm³/mol. The van der Waals surface area contributed by atoms with Crippen molar-refractivity contribution >= 4 is 28.8 Å². The minimum absolute atomic E-state index is 0.124. The molecular weight excluding hydrogens is 255 g/mol. The second kappa shape index (κ2) is 5.97. The van der Waals surface area contributed by atoms with E-state index >= 15 is 0 Å². The molecule has 0 radical (unpaired) electrons. The lowest BCUT2D eigenvalue weighted by atomic mass is 10.1. The van der Waals surface area contributed by atoms with Crippen molar-refractivity contribution < 1.29 is 4.39 Å². The third-order valence-corrected chi connectivity index (χ3v) is 2.83. The molecule has 0 aliphatic rings. The van der Waals surface area contributed by atoms with Gasteiger partial charge in [-0.2, -0.15) is 0 Å². The van der Waals surface area contributed by atoms with Crippen LogP contribution in [0.1, 0.15) is 5.56 Å². The van der Waals surface area contributed by atoms with Crippen LogP contribution in [0.3, 0.4) is 0 Å². The highest BCUT2D eigenvalue weighted by Gasteiger charge is 1.98. The van der Waals surface area contributed by atoms with Gasteiger partial charge in [0.25, 0.3) is 0 Å². The van der Waals surface area contributed by atoms with Gasteiger partial charge in [-0.1, -0.05) is 12.2 Å². The first kappa shape index (κ1) is 13.7. The van der Waals surface area contributed by atoms with Gasteiger partial charge in [-0.25, -0.2) is 4.39 Å². The Bertz CT molecular complexity index is 638. The molecule has 0 spiro atoms. The molecule has 0 amide bonds. The first-order valence-corrected chi connectivity index (χ1v) is 6.16. The fourth-order valence-corrected chi connectivity index (χ4v) is 1.75. The maximum absolute atomic E-state index is 13.0. The molecule has 5 heteroatoms. The lowest BCUT2D eigenvalue weighted by Gasteiger charge is -2.05. The molecule has 0 fully saturated rings. The Kier molecular flexibility index (Phi) is 4.10. The van der Waals surface area contributed by atoms with E-state index < -0.39 is 5.82 Å². The topological polar surface area (TPSA) is 90.1 Å². The van der Waals surface area contributed by atoms with Gasteiger partial charge in [0.05, 0.1) is 5.69 Å². The van der Waals surface area contributed by atoms with E-state index in [1.165, 1.54) is 6.07 Å². The summed E-state index contributed by atoms with van der Waals surface area (Å²) in [7, 11) is 0. The molecule has 20 heavy (non-hydrogen) atoms. The number of halogens is 1. The number of nitrogens with one attached hydrogen (secondary N) is 1. The summed E-state index contributed by atoms with van der Waals surface area (Å²) < 4.78 is 13.0. The minimum Gasteiger partial charge on any atom is -0.399 e. The largest absolute Gasteiger partial charge is 0.399 e. The Balaban J connectivity index is 1.96. The van der Waals surface area contributed by atoms with Crippen LogP contribution in [0.5, 0.6) is 0 Å². The fraction of sp³-hybridized carbons (Fsp3) is 0.0667. The van der Waals surface area contributed by atoms with Crippen LogP contribution < -0.4 is 22.5 Å². The van der Waals surface area contributed by atoms with Crippen molar-refractivity contribution in [3.05, 3.63) is 53.9 Å². The number of hydrogen-bond donors (Lipinski definition) is 4. The van der Waals surface area contributed by atoms with Crippen molar-refractivity contribution in [2.45, 2.75) is 0 Å². The van der Waals surface area contributed by atoms with Crippen LogP contribution in [0.2, 0.25) is 0 Å². The normalized spacial score (nSPS) is 10.8. The Hall–Kier alpha value is -2.69. The zero-order valence-corrected chi connectivity index (χ0v) is 10.9. The molecule has 0 unspecified atom stereocenters. The van der Waals surface area contributed by atoms with E-state index in [0.717, 1.165) is 11.3 Å². The van der Waals surface area contributed by atoms with Gasteiger partial charge in [0.15, 0.2) is 0 Å². The zero-order valence-electron chi connectivity index (χ0n) is 10.9. The number of anilines is 4. The van der Waals surface area contributed by atoms with Gasteiger partial charge in [-0.15, -0.1) is 0 Å². The number of nitrogen functional groups attached to an aromatic ring is 3. The smallest absolute Gasteiger partial charge is 0.146 e. The summed E-state index contributed by atoms with van der Waals surface area (Å²) in [5.41, 5.74) is 20.1. The summed E-state index contributed by atoms with van der Waals surface area (Å²) in [5.74, 6) is -0.418. The van der Waals surface area contributed by atoms with Crippen LogP contribution in [0, 0.1) is 5.82 Å². The highest BCUT2D eigenvalue weighted by atomic mass is 19.1. The molecule has 4 nitrogen and oxygen atoms in total. The SMILES string of the molecule is Nc1ccc(N)c(C=CCNc2ccc(F)c(N)c2)c1. The van der Waals surface area contributed by atoms with Crippen molar-refractivity contribution in [3.63, 3.8) is 0 Å². The number of rotatable bonds is 4. The van der Waals surface area contributed by atoms with Gasteiger partial charge in [0.1, 0.15) is 5.82 Å². The molecule has 2 aromatic rings. The van der Waals surface area contributed by atoms with Gasteiger partial charge < -0.3 is 22.5 Å². The van der Waals surface area contributed by atoms with Crippen LogP contribution >= 0.6 is 0 Å². The van der Waals surface area contributed by atoms with E-state index in [1.54, 1.807) is 24.3 Å². The van der Waals surface area contributed by atoms with Gasteiger partial charge in [-0.05, 0) is 42.0 Å². The molecule has 7 N–H and O–H groups in total.